The van der Waals surface area contributed by atoms with Gasteiger partial charge in [0.2, 0.25) is 5.91 Å². The summed E-state index contributed by atoms with van der Waals surface area (Å²) in [5.74, 6) is 0.645. The van der Waals surface area contributed by atoms with Crippen molar-refractivity contribution in [3.63, 3.8) is 0 Å². The van der Waals surface area contributed by atoms with Crippen molar-refractivity contribution in [2.45, 2.75) is 25.9 Å². The molecular formula is C20H16ClFN2O3. The minimum atomic E-state index is -0.537. The molecule has 3 aromatic rings. The number of fused-ring (bicyclic) bond motifs is 1. The van der Waals surface area contributed by atoms with Gasteiger partial charge in [-0.05, 0) is 48.9 Å². The highest BCUT2D eigenvalue weighted by atomic mass is 35.5. The summed E-state index contributed by atoms with van der Waals surface area (Å²) in [6.07, 6.45) is 1.06. The summed E-state index contributed by atoms with van der Waals surface area (Å²) in [7, 11) is 0. The molecule has 1 N–H and O–H groups in total. The molecule has 1 atom stereocenters. The number of halogens is 2. The first kappa shape index (κ1) is 17.5. The van der Waals surface area contributed by atoms with Crippen LogP contribution in [0, 0.1) is 5.82 Å². The molecule has 1 aliphatic rings. The Morgan fingerprint density at radius 2 is 2.15 bits per heavy atom. The second kappa shape index (κ2) is 7.04. The number of ether oxygens (including phenoxy) is 1. The summed E-state index contributed by atoms with van der Waals surface area (Å²) in [5, 5.41) is 6.57. The Kier molecular flexibility index (Phi) is 4.58. The van der Waals surface area contributed by atoms with E-state index in [1.165, 1.54) is 18.2 Å². The molecule has 1 amide bonds. The number of hydrogen-bond donors (Lipinski definition) is 1. The summed E-state index contributed by atoms with van der Waals surface area (Å²) in [6, 6.07) is 11.6. The second-order valence-electron chi connectivity index (χ2n) is 6.49. The first-order valence-electron chi connectivity index (χ1n) is 8.48. The lowest BCUT2D eigenvalue weighted by Crippen LogP contribution is -2.14. The maximum absolute atomic E-state index is 13.2. The minimum absolute atomic E-state index is 0.0313. The van der Waals surface area contributed by atoms with E-state index in [1.807, 2.05) is 25.1 Å². The van der Waals surface area contributed by atoms with Gasteiger partial charge in [-0.15, -0.1) is 0 Å². The van der Waals surface area contributed by atoms with Crippen LogP contribution in [0.3, 0.4) is 0 Å². The van der Waals surface area contributed by atoms with Crippen LogP contribution < -0.4 is 10.1 Å². The maximum Gasteiger partial charge on any atom is 0.230 e. The fourth-order valence-corrected chi connectivity index (χ4v) is 3.23. The standard InChI is InChI=1S/C20H16ClFN2O3/c1-11-6-13-7-12(2-5-18(13)26-11)19-9-15(24-27-19)10-20(25)23-14-3-4-17(22)16(21)8-14/h2-5,7-9,11H,6,10H2,1H3,(H,23,25). The van der Waals surface area contributed by atoms with Crippen LogP contribution >= 0.6 is 11.6 Å². The van der Waals surface area contributed by atoms with Crippen molar-refractivity contribution in [2.75, 3.05) is 5.32 Å². The van der Waals surface area contributed by atoms with E-state index in [9.17, 15) is 9.18 Å². The number of aromatic nitrogens is 1. The Balaban J connectivity index is 1.44. The summed E-state index contributed by atoms with van der Waals surface area (Å²) in [4.78, 5) is 12.2. The van der Waals surface area contributed by atoms with E-state index in [2.05, 4.69) is 10.5 Å². The average molecular weight is 387 g/mol. The van der Waals surface area contributed by atoms with Gasteiger partial charge in [0.05, 0.1) is 17.1 Å². The quantitative estimate of drug-likeness (QED) is 0.709. The van der Waals surface area contributed by atoms with Gasteiger partial charge in [0, 0.05) is 23.7 Å². The normalized spacial score (nSPS) is 15.3. The van der Waals surface area contributed by atoms with Crippen LogP contribution in [0.1, 0.15) is 18.2 Å². The molecule has 1 aromatic heterocycles. The predicted octanol–water partition coefficient (Wildman–Crippen LogP) is 4.64. The summed E-state index contributed by atoms with van der Waals surface area (Å²) < 4.78 is 24.3. The molecule has 0 bridgehead atoms. The highest BCUT2D eigenvalue weighted by Gasteiger charge is 2.20. The number of anilines is 1. The molecule has 1 aliphatic heterocycles. The fourth-order valence-electron chi connectivity index (χ4n) is 3.05. The Morgan fingerprint density at radius 1 is 1.30 bits per heavy atom. The van der Waals surface area contributed by atoms with Gasteiger partial charge in [0.15, 0.2) is 5.76 Å². The van der Waals surface area contributed by atoms with Crippen molar-refractivity contribution in [3.8, 4) is 17.1 Å². The molecule has 5 nitrogen and oxygen atoms in total. The number of carbonyl (C=O) groups is 1. The molecule has 2 aromatic carbocycles. The number of amides is 1. The zero-order valence-corrected chi connectivity index (χ0v) is 15.2. The first-order chi connectivity index (χ1) is 13.0. The van der Waals surface area contributed by atoms with Crippen LogP contribution in [-0.2, 0) is 17.6 Å². The number of hydrogen-bond acceptors (Lipinski definition) is 4. The van der Waals surface area contributed by atoms with Gasteiger partial charge in [0.25, 0.3) is 0 Å². The van der Waals surface area contributed by atoms with Crippen molar-refractivity contribution in [2.24, 2.45) is 0 Å². The maximum atomic E-state index is 13.2. The van der Waals surface area contributed by atoms with E-state index in [0.29, 0.717) is 17.1 Å². The third-order valence-electron chi connectivity index (χ3n) is 4.28. The van der Waals surface area contributed by atoms with Crippen LogP contribution in [0.5, 0.6) is 5.75 Å². The van der Waals surface area contributed by atoms with Crippen LogP contribution in [0.15, 0.2) is 47.0 Å². The number of carbonyl (C=O) groups excluding carboxylic acids is 1. The minimum Gasteiger partial charge on any atom is -0.490 e. The Bertz CT molecular complexity index is 1020. The summed E-state index contributed by atoms with van der Waals surface area (Å²) in [5.41, 5.74) is 2.93. The lowest BCUT2D eigenvalue weighted by molar-refractivity contribution is -0.115. The number of benzene rings is 2. The first-order valence-corrected chi connectivity index (χ1v) is 8.86. The monoisotopic (exact) mass is 386 g/mol. The van der Waals surface area contributed by atoms with Gasteiger partial charge in [0.1, 0.15) is 17.7 Å². The molecule has 0 aliphatic carbocycles. The van der Waals surface area contributed by atoms with Gasteiger partial charge in [-0.25, -0.2) is 4.39 Å². The van der Waals surface area contributed by atoms with Gasteiger partial charge in [-0.2, -0.15) is 0 Å². The van der Waals surface area contributed by atoms with Crippen molar-refractivity contribution < 1.29 is 18.4 Å². The number of nitrogens with one attached hydrogen (secondary N) is 1. The van der Waals surface area contributed by atoms with E-state index in [0.717, 1.165) is 23.3 Å². The predicted molar refractivity (Wildman–Crippen MR) is 99.5 cm³/mol. The van der Waals surface area contributed by atoms with E-state index in [-0.39, 0.29) is 23.5 Å². The Morgan fingerprint density at radius 3 is 2.96 bits per heavy atom. The zero-order chi connectivity index (χ0) is 19.0. The smallest absolute Gasteiger partial charge is 0.230 e. The van der Waals surface area contributed by atoms with E-state index >= 15 is 0 Å². The highest BCUT2D eigenvalue weighted by Crippen LogP contribution is 2.33. The molecule has 0 fully saturated rings. The number of nitrogens with zero attached hydrogens (tertiary/aromatic N) is 1. The van der Waals surface area contributed by atoms with Crippen molar-refractivity contribution >= 4 is 23.2 Å². The third-order valence-corrected chi connectivity index (χ3v) is 4.57. The van der Waals surface area contributed by atoms with E-state index < -0.39 is 5.82 Å². The molecular weight excluding hydrogens is 371 g/mol. The van der Waals surface area contributed by atoms with E-state index in [1.54, 1.807) is 6.07 Å². The molecule has 1 unspecified atom stereocenters. The lowest BCUT2D eigenvalue weighted by Gasteiger charge is -2.04. The lowest BCUT2D eigenvalue weighted by atomic mass is 10.1. The van der Waals surface area contributed by atoms with Crippen LogP contribution in [0.2, 0.25) is 5.02 Å². The van der Waals surface area contributed by atoms with Gasteiger partial charge < -0.3 is 14.6 Å². The second-order valence-corrected chi connectivity index (χ2v) is 6.90. The molecule has 4 rings (SSSR count). The largest absolute Gasteiger partial charge is 0.490 e. The van der Waals surface area contributed by atoms with Crippen LogP contribution in [0.25, 0.3) is 11.3 Å². The van der Waals surface area contributed by atoms with Gasteiger partial charge in [-0.3, -0.25) is 4.79 Å². The molecule has 7 heteroatoms. The zero-order valence-electron chi connectivity index (χ0n) is 14.5. The molecule has 0 saturated heterocycles. The van der Waals surface area contributed by atoms with Crippen molar-refractivity contribution in [1.29, 1.82) is 0 Å². The highest BCUT2D eigenvalue weighted by molar-refractivity contribution is 6.31. The summed E-state index contributed by atoms with van der Waals surface area (Å²) in [6.45, 7) is 2.03. The Hall–Kier alpha value is -2.86. The topological polar surface area (TPSA) is 64.4 Å². The Labute approximate surface area is 160 Å². The van der Waals surface area contributed by atoms with Gasteiger partial charge >= 0.3 is 0 Å². The molecule has 0 radical (unpaired) electrons. The summed E-state index contributed by atoms with van der Waals surface area (Å²) >= 11 is 5.72. The van der Waals surface area contributed by atoms with E-state index in [4.69, 9.17) is 20.9 Å². The molecule has 0 saturated carbocycles. The fraction of sp³-hybridized carbons (Fsp3) is 0.200. The molecule has 2 heterocycles. The van der Waals surface area contributed by atoms with Crippen LogP contribution in [0.4, 0.5) is 10.1 Å². The molecule has 0 spiro atoms. The average Bonchev–Trinajstić information content (AvgIpc) is 3.22. The SMILES string of the molecule is CC1Cc2cc(-c3cc(CC(=O)Nc4ccc(F)c(Cl)c4)no3)ccc2O1. The van der Waals surface area contributed by atoms with Gasteiger partial charge in [-0.1, -0.05) is 16.8 Å². The van der Waals surface area contributed by atoms with Crippen molar-refractivity contribution in [1.82, 2.24) is 5.16 Å². The molecule has 27 heavy (non-hydrogen) atoms. The number of rotatable bonds is 4. The van der Waals surface area contributed by atoms with Crippen molar-refractivity contribution in [3.05, 3.63) is 64.6 Å². The molecule has 138 valence electrons. The third kappa shape index (κ3) is 3.80. The van der Waals surface area contributed by atoms with Crippen LogP contribution in [-0.4, -0.2) is 17.2 Å².